The molecule has 0 bridgehead atoms. The maximum Gasteiger partial charge on any atom is 0.239 e. The molecule has 2 aliphatic carbocycles. The average molecular weight is 279 g/mol. The first-order chi connectivity index (χ1) is 9.65. The molecule has 3 rings (SSSR count). The van der Waals surface area contributed by atoms with Crippen LogP contribution in [0.5, 0.6) is 0 Å². The molecule has 4 unspecified atom stereocenters. The van der Waals surface area contributed by atoms with Crippen molar-refractivity contribution >= 4 is 11.8 Å². The molecule has 112 valence electrons. The summed E-state index contributed by atoms with van der Waals surface area (Å²) in [5.41, 5.74) is 6.00. The molecule has 0 aromatic rings. The zero-order valence-corrected chi connectivity index (χ0v) is 12.0. The van der Waals surface area contributed by atoms with Gasteiger partial charge in [0.15, 0.2) is 0 Å². The first-order valence-electron chi connectivity index (χ1n) is 8.00. The van der Waals surface area contributed by atoms with Crippen LogP contribution < -0.4 is 11.1 Å². The van der Waals surface area contributed by atoms with Crippen LogP contribution in [-0.2, 0) is 9.59 Å². The number of nitrogens with one attached hydrogen (secondary N) is 1. The van der Waals surface area contributed by atoms with Gasteiger partial charge in [0.05, 0.1) is 12.6 Å². The van der Waals surface area contributed by atoms with Gasteiger partial charge in [0.1, 0.15) is 0 Å². The number of nitrogens with zero attached hydrogens (tertiary/aromatic N) is 1. The van der Waals surface area contributed by atoms with Gasteiger partial charge in [-0.3, -0.25) is 9.59 Å². The summed E-state index contributed by atoms with van der Waals surface area (Å²) in [6.07, 6.45) is 8.11. The van der Waals surface area contributed by atoms with E-state index >= 15 is 0 Å². The fourth-order valence-corrected chi connectivity index (χ4v) is 4.10. The van der Waals surface area contributed by atoms with Gasteiger partial charge in [0.2, 0.25) is 11.8 Å². The second kappa shape index (κ2) is 5.72. The molecule has 2 saturated carbocycles. The monoisotopic (exact) mass is 279 g/mol. The van der Waals surface area contributed by atoms with Crippen LogP contribution in [0, 0.1) is 5.92 Å². The molecule has 3 fully saturated rings. The molecule has 20 heavy (non-hydrogen) atoms. The van der Waals surface area contributed by atoms with Crippen LogP contribution in [0.2, 0.25) is 0 Å². The summed E-state index contributed by atoms with van der Waals surface area (Å²) in [5, 5.41) is 3.06. The quantitative estimate of drug-likeness (QED) is 0.744. The van der Waals surface area contributed by atoms with E-state index in [1.807, 2.05) is 4.90 Å². The van der Waals surface area contributed by atoms with Crippen LogP contribution in [0.25, 0.3) is 0 Å². The predicted octanol–water partition coefficient (Wildman–Crippen LogP) is 0.773. The SMILES string of the molecule is NC1CCCC(C(=O)N2CC(=O)NC3CCCCC32)C1. The molecule has 1 saturated heterocycles. The van der Waals surface area contributed by atoms with E-state index in [1.54, 1.807) is 0 Å². The van der Waals surface area contributed by atoms with Gasteiger partial charge in [-0.05, 0) is 32.1 Å². The lowest BCUT2D eigenvalue weighted by molar-refractivity contribution is -0.148. The maximum atomic E-state index is 12.8. The molecule has 5 heteroatoms. The lowest BCUT2D eigenvalue weighted by atomic mass is 9.82. The number of piperazine rings is 1. The highest BCUT2D eigenvalue weighted by molar-refractivity contribution is 5.87. The second-order valence-corrected chi connectivity index (χ2v) is 6.62. The molecular weight excluding hydrogens is 254 g/mol. The van der Waals surface area contributed by atoms with E-state index in [2.05, 4.69) is 5.32 Å². The Hall–Kier alpha value is -1.10. The molecule has 5 nitrogen and oxygen atoms in total. The van der Waals surface area contributed by atoms with Gasteiger partial charge < -0.3 is 16.0 Å². The van der Waals surface area contributed by atoms with Gasteiger partial charge in [-0.1, -0.05) is 19.3 Å². The van der Waals surface area contributed by atoms with Gasteiger partial charge in [0.25, 0.3) is 0 Å². The first-order valence-corrected chi connectivity index (χ1v) is 8.00. The van der Waals surface area contributed by atoms with Crippen LogP contribution in [0.15, 0.2) is 0 Å². The zero-order valence-electron chi connectivity index (χ0n) is 12.0. The normalized spacial score (nSPS) is 38.0. The highest BCUT2D eigenvalue weighted by Crippen LogP contribution is 2.30. The lowest BCUT2D eigenvalue weighted by Gasteiger charge is -2.45. The molecule has 4 atom stereocenters. The second-order valence-electron chi connectivity index (χ2n) is 6.62. The van der Waals surface area contributed by atoms with E-state index in [9.17, 15) is 9.59 Å². The van der Waals surface area contributed by atoms with Crippen LogP contribution in [0.3, 0.4) is 0 Å². The minimum atomic E-state index is 0.00149. The summed E-state index contributed by atoms with van der Waals surface area (Å²) in [5.74, 6) is 0.209. The molecule has 0 aromatic carbocycles. The molecule has 0 aromatic heterocycles. The molecule has 3 aliphatic rings. The van der Waals surface area contributed by atoms with Crippen LogP contribution in [0.4, 0.5) is 0 Å². The Morgan fingerprint density at radius 1 is 1.15 bits per heavy atom. The molecule has 0 radical (unpaired) electrons. The van der Waals surface area contributed by atoms with Gasteiger partial charge >= 0.3 is 0 Å². The van der Waals surface area contributed by atoms with Crippen molar-refractivity contribution in [3.8, 4) is 0 Å². The zero-order chi connectivity index (χ0) is 14.1. The first kappa shape index (κ1) is 13.9. The van der Waals surface area contributed by atoms with Crippen molar-refractivity contribution in [1.82, 2.24) is 10.2 Å². The number of carbonyl (C=O) groups is 2. The lowest BCUT2D eigenvalue weighted by Crippen LogP contribution is -2.64. The fourth-order valence-electron chi connectivity index (χ4n) is 4.10. The standard InChI is InChI=1S/C15H25N3O2/c16-11-5-3-4-10(8-11)15(20)18-9-14(19)17-12-6-1-2-7-13(12)18/h10-13H,1-9,16H2,(H,17,19). The molecule has 3 N–H and O–H groups in total. The molecule has 0 spiro atoms. The van der Waals surface area contributed by atoms with Gasteiger partial charge in [-0.2, -0.15) is 0 Å². The summed E-state index contributed by atoms with van der Waals surface area (Å²) in [7, 11) is 0. The van der Waals surface area contributed by atoms with Crippen LogP contribution in [0.1, 0.15) is 51.4 Å². The minimum absolute atomic E-state index is 0.00149. The summed E-state index contributed by atoms with van der Waals surface area (Å²) < 4.78 is 0. The van der Waals surface area contributed by atoms with Crippen molar-refractivity contribution in [3.05, 3.63) is 0 Å². The number of hydrogen-bond donors (Lipinski definition) is 2. The Kier molecular flexibility index (Phi) is 3.96. The summed E-state index contributed by atoms with van der Waals surface area (Å²) >= 11 is 0. The number of nitrogens with two attached hydrogens (primary N) is 1. The van der Waals surface area contributed by atoms with Crippen molar-refractivity contribution in [1.29, 1.82) is 0 Å². The van der Waals surface area contributed by atoms with E-state index in [4.69, 9.17) is 5.73 Å². The van der Waals surface area contributed by atoms with Crippen LogP contribution >= 0.6 is 0 Å². The van der Waals surface area contributed by atoms with Crippen molar-refractivity contribution in [2.75, 3.05) is 6.54 Å². The van der Waals surface area contributed by atoms with E-state index < -0.39 is 0 Å². The third kappa shape index (κ3) is 2.68. The number of carbonyl (C=O) groups excluding carboxylic acids is 2. The Bertz CT molecular complexity index is 399. The molecule has 1 aliphatic heterocycles. The maximum absolute atomic E-state index is 12.8. The Morgan fingerprint density at radius 3 is 2.75 bits per heavy atom. The number of amides is 2. The van der Waals surface area contributed by atoms with Crippen molar-refractivity contribution < 1.29 is 9.59 Å². The minimum Gasteiger partial charge on any atom is -0.350 e. The van der Waals surface area contributed by atoms with E-state index in [0.717, 1.165) is 51.4 Å². The Morgan fingerprint density at radius 2 is 1.95 bits per heavy atom. The fraction of sp³-hybridized carbons (Fsp3) is 0.867. The largest absolute Gasteiger partial charge is 0.350 e. The van der Waals surface area contributed by atoms with E-state index in [1.165, 1.54) is 0 Å². The number of hydrogen-bond acceptors (Lipinski definition) is 3. The van der Waals surface area contributed by atoms with Gasteiger partial charge in [-0.15, -0.1) is 0 Å². The van der Waals surface area contributed by atoms with Crippen molar-refractivity contribution in [2.24, 2.45) is 11.7 Å². The number of fused-ring (bicyclic) bond motifs is 1. The van der Waals surface area contributed by atoms with E-state index in [-0.39, 0.29) is 42.4 Å². The van der Waals surface area contributed by atoms with Gasteiger partial charge in [0, 0.05) is 18.0 Å². The van der Waals surface area contributed by atoms with Gasteiger partial charge in [-0.25, -0.2) is 0 Å². The summed E-state index contributed by atoms with van der Waals surface area (Å²) in [6.45, 7) is 0.242. The van der Waals surface area contributed by atoms with Crippen molar-refractivity contribution in [3.63, 3.8) is 0 Å². The number of rotatable bonds is 1. The molecule has 1 heterocycles. The summed E-state index contributed by atoms with van der Waals surface area (Å²) in [4.78, 5) is 26.5. The Balaban J connectivity index is 1.72. The highest BCUT2D eigenvalue weighted by Gasteiger charge is 2.41. The smallest absolute Gasteiger partial charge is 0.239 e. The van der Waals surface area contributed by atoms with Crippen LogP contribution in [-0.4, -0.2) is 41.4 Å². The Labute approximate surface area is 120 Å². The third-order valence-corrected chi connectivity index (χ3v) is 5.14. The average Bonchev–Trinajstić information content (AvgIpc) is 2.45. The molecule has 2 amide bonds. The van der Waals surface area contributed by atoms with E-state index in [0.29, 0.717) is 0 Å². The topological polar surface area (TPSA) is 75.4 Å². The molecular formula is C15H25N3O2. The predicted molar refractivity (Wildman–Crippen MR) is 75.8 cm³/mol. The van der Waals surface area contributed by atoms with Crippen molar-refractivity contribution in [2.45, 2.75) is 69.5 Å². The summed E-state index contributed by atoms with van der Waals surface area (Å²) in [6, 6.07) is 0.539. The third-order valence-electron chi connectivity index (χ3n) is 5.14. The highest BCUT2D eigenvalue weighted by atomic mass is 16.2.